The molecule has 0 saturated heterocycles. The fourth-order valence-electron chi connectivity index (χ4n) is 1.56. The van der Waals surface area contributed by atoms with E-state index in [1.807, 2.05) is 20.0 Å². The van der Waals surface area contributed by atoms with Crippen LogP contribution in [0.2, 0.25) is 0 Å². The lowest BCUT2D eigenvalue weighted by Crippen LogP contribution is -2.12. The predicted molar refractivity (Wildman–Crippen MR) is 69.6 cm³/mol. The van der Waals surface area contributed by atoms with E-state index in [-0.39, 0.29) is 5.91 Å². The van der Waals surface area contributed by atoms with Gasteiger partial charge < -0.3 is 5.32 Å². The fourth-order valence-corrected chi connectivity index (χ4v) is 1.79. The van der Waals surface area contributed by atoms with Gasteiger partial charge in [-0.1, -0.05) is 6.07 Å². The van der Waals surface area contributed by atoms with Crippen LogP contribution in [0.15, 0.2) is 35.4 Å². The number of hydrogen-bond acceptors (Lipinski definition) is 3. The van der Waals surface area contributed by atoms with Crippen LogP contribution in [0.25, 0.3) is 0 Å². The zero-order chi connectivity index (χ0) is 12.4. The summed E-state index contributed by atoms with van der Waals surface area (Å²) in [7, 11) is 1.82. The van der Waals surface area contributed by atoms with E-state index in [0.717, 1.165) is 16.3 Å². The zero-order valence-electron chi connectivity index (χ0n) is 9.64. The Kier molecular flexibility index (Phi) is 3.19. The van der Waals surface area contributed by atoms with E-state index >= 15 is 0 Å². The first-order chi connectivity index (χ1) is 8.06. The van der Waals surface area contributed by atoms with E-state index in [9.17, 15) is 4.79 Å². The molecule has 1 aromatic heterocycles. The van der Waals surface area contributed by atoms with Crippen LogP contribution in [0.4, 0.5) is 5.69 Å². The van der Waals surface area contributed by atoms with Crippen molar-refractivity contribution in [2.45, 2.75) is 11.8 Å². The molecule has 0 fully saturated rings. The second kappa shape index (κ2) is 4.63. The lowest BCUT2D eigenvalue weighted by atomic mass is 10.2. The number of benzene rings is 1. The van der Waals surface area contributed by atoms with Gasteiger partial charge in [0.1, 0.15) is 0 Å². The van der Waals surface area contributed by atoms with Crippen LogP contribution in [0.1, 0.15) is 16.1 Å². The molecule has 0 radical (unpaired) electrons. The number of amides is 1. The Bertz CT molecular complexity index is 563. The van der Waals surface area contributed by atoms with Crippen molar-refractivity contribution in [3.63, 3.8) is 0 Å². The van der Waals surface area contributed by atoms with Gasteiger partial charge in [0.2, 0.25) is 0 Å². The lowest BCUT2D eigenvalue weighted by molar-refractivity contribution is 0.102. The number of carbonyl (C=O) groups is 1. The lowest BCUT2D eigenvalue weighted by Gasteiger charge is -2.03. The van der Waals surface area contributed by atoms with Gasteiger partial charge in [-0.3, -0.25) is 9.48 Å². The van der Waals surface area contributed by atoms with Gasteiger partial charge in [0.25, 0.3) is 5.91 Å². The van der Waals surface area contributed by atoms with Crippen LogP contribution < -0.4 is 5.32 Å². The van der Waals surface area contributed by atoms with Gasteiger partial charge in [0, 0.05) is 23.7 Å². The third-order valence-corrected chi connectivity index (χ3v) is 2.65. The molecule has 17 heavy (non-hydrogen) atoms. The van der Waals surface area contributed by atoms with E-state index in [4.69, 9.17) is 0 Å². The topological polar surface area (TPSA) is 46.9 Å². The molecule has 1 aromatic carbocycles. The number of anilines is 1. The van der Waals surface area contributed by atoms with Crippen molar-refractivity contribution in [3.05, 3.63) is 41.7 Å². The van der Waals surface area contributed by atoms with Gasteiger partial charge in [-0.25, -0.2) is 0 Å². The molecule has 0 aliphatic heterocycles. The standard InChI is InChI=1S/C12H13N3OS/c1-8-11(7-15(2)14-8)13-12(16)9-4-3-5-10(17)6-9/h3-7,17H,1-2H3,(H,13,16). The SMILES string of the molecule is Cc1nn(C)cc1NC(=O)c1cccc(S)c1. The Morgan fingerprint density at radius 2 is 2.24 bits per heavy atom. The highest BCUT2D eigenvalue weighted by atomic mass is 32.1. The van der Waals surface area contributed by atoms with Crippen molar-refractivity contribution in [1.29, 1.82) is 0 Å². The second-order valence-electron chi connectivity index (χ2n) is 3.81. The van der Waals surface area contributed by atoms with Crippen molar-refractivity contribution in [3.8, 4) is 0 Å². The molecule has 1 heterocycles. The van der Waals surface area contributed by atoms with Gasteiger partial charge in [0.05, 0.1) is 11.4 Å². The van der Waals surface area contributed by atoms with E-state index < -0.39 is 0 Å². The molecular weight excluding hydrogens is 234 g/mol. The molecule has 0 bridgehead atoms. The smallest absolute Gasteiger partial charge is 0.255 e. The minimum Gasteiger partial charge on any atom is -0.319 e. The van der Waals surface area contributed by atoms with E-state index in [0.29, 0.717) is 5.56 Å². The number of carbonyl (C=O) groups excluding carboxylic acids is 1. The molecule has 0 saturated carbocycles. The largest absolute Gasteiger partial charge is 0.319 e. The minimum atomic E-state index is -0.156. The van der Waals surface area contributed by atoms with Crippen molar-refractivity contribution >= 4 is 24.2 Å². The minimum absolute atomic E-state index is 0.156. The first-order valence-corrected chi connectivity index (χ1v) is 5.61. The highest BCUT2D eigenvalue weighted by molar-refractivity contribution is 7.80. The van der Waals surface area contributed by atoms with Crippen LogP contribution in [0.5, 0.6) is 0 Å². The molecule has 0 aliphatic rings. The van der Waals surface area contributed by atoms with Crippen molar-refractivity contribution in [1.82, 2.24) is 9.78 Å². The molecule has 1 N–H and O–H groups in total. The average Bonchev–Trinajstić information content (AvgIpc) is 2.57. The molecule has 2 rings (SSSR count). The van der Waals surface area contributed by atoms with Crippen molar-refractivity contribution in [2.24, 2.45) is 7.05 Å². The van der Waals surface area contributed by atoms with Gasteiger partial charge in [-0.15, -0.1) is 12.6 Å². The van der Waals surface area contributed by atoms with Gasteiger partial charge >= 0.3 is 0 Å². The number of thiol groups is 1. The Labute approximate surface area is 105 Å². The first-order valence-electron chi connectivity index (χ1n) is 5.17. The molecule has 1 amide bonds. The molecule has 0 spiro atoms. The maximum absolute atomic E-state index is 11.9. The summed E-state index contributed by atoms with van der Waals surface area (Å²) in [6, 6.07) is 7.10. The van der Waals surface area contributed by atoms with Crippen molar-refractivity contribution in [2.75, 3.05) is 5.32 Å². The summed E-state index contributed by atoms with van der Waals surface area (Å²) in [5, 5.41) is 6.98. The van der Waals surface area contributed by atoms with Gasteiger partial charge in [-0.05, 0) is 25.1 Å². The quantitative estimate of drug-likeness (QED) is 0.800. The fraction of sp³-hybridized carbons (Fsp3) is 0.167. The maximum atomic E-state index is 11.9. The van der Waals surface area contributed by atoms with Crippen molar-refractivity contribution < 1.29 is 4.79 Å². The second-order valence-corrected chi connectivity index (χ2v) is 4.32. The molecule has 0 aliphatic carbocycles. The monoisotopic (exact) mass is 247 g/mol. The molecule has 88 valence electrons. The van der Waals surface area contributed by atoms with E-state index in [1.165, 1.54) is 0 Å². The van der Waals surface area contributed by atoms with Gasteiger partial charge in [0.15, 0.2) is 0 Å². The normalized spacial score (nSPS) is 10.3. The van der Waals surface area contributed by atoms with Crippen LogP contribution in [-0.2, 0) is 7.05 Å². The third kappa shape index (κ3) is 2.68. The molecule has 0 atom stereocenters. The Hall–Kier alpha value is -1.75. The third-order valence-electron chi connectivity index (χ3n) is 2.37. The Morgan fingerprint density at radius 1 is 1.47 bits per heavy atom. The van der Waals surface area contributed by atoms with Crippen LogP contribution in [-0.4, -0.2) is 15.7 Å². The number of nitrogens with zero attached hydrogens (tertiary/aromatic N) is 2. The maximum Gasteiger partial charge on any atom is 0.255 e. The number of hydrogen-bond donors (Lipinski definition) is 2. The summed E-state index contributed by atoms with van der Waals surface area (Å²) >= 11 is 4.20. The van der Waals surface area contributed by atoms with Crippen LogP contribution >= 0.6 is 12.6 Å². The number of aryl methyl sites for hydroxylation is 2. The highest BCUT2D eigenvalue weighted by Crippen LogP contribution is 2.14. The first kappa shape index (κ1) is 11.7. The van der Waals surface area contributed by atoms with Gasteiger partial charge in [-0.2, -0.15) is 5.10 Å². The van der Waals surface area contributed by atoms with Crippen LogP contribution in [0, 0.1) is 6.92 Å². The average molecular weight is 247 g/mol. The molecule has 4 nitrogen and oxygen atoms in total. The predicted octanol–water partition coefficient (Wildman–Crippen LogP) is 2.27. The summed E-state index contributed by atoms with van der Waals surface area (Å²) in [6.07, 6.45) is 1.78. The number of rotatable bonds is 2. The Morgan fingerprint density at radius 3 is 2.82 bits per heavy atom. The number of nitrogens with one attached hydrogen (secondary N) is 1. The molecule has 5 heteroatoms. The molecule has 0 unspecified atom stereocenters. The summed E-state index contributed by atoms with van der Waals surface area (Å²) in [5.74, 6) is -0.156. The summed E-state index contributed by atoms with van der Waals surface area (Å²) in [6.45, 7) is 1.85. The zero-order valence-corrected chi connectivity index (χ0v) is 10.5. The Balaban J connectivity index is 2.20. The van der Waals surface area contributed by atoms with Crippen LogP contribution in [0.3, 0.4) is 0 Å². The molecular formula is C12H13N3OS. The van der Waals surface area contributed by atoms with E-state index in [1.54, 1.807) is 29.1 Å². The molecule has 2 aromatic rings. The highest BCUT2D eigenvalue weighted by Gasteiger charge is 2.09. The summed E-state index contributed by atoms with van der Waals surface area (Å²) in [5.41, 5.74) is 2.10. The summed E-state index contributed by atoms with van der Waals surface area (Å²) in [4.78, 5) is 12.7. The number of aromatic nitrogens is 2. The summed E-state index contributed by atoms with van der Waals surface area (Å²) < 4.78 is 1.67. The van der Waals surface area contributed by atoms with E-state index in [2.05, 4.69) is 23.0 Å².